The zero-order valence-corrected chi connectivity index (χ0v) is 18.7. The summed E-state index contributed by atoms with van der Waals surface area (Å²) in [6.07, 6.45) is 0. The van der Waals surface area contributed by atoms with Crippen LogP contribution in [0.1, 0.15) is 27.0 Å². The van der Waals surface area contributed by atoms with Gasteiger partial charge in [0.1, 0.15) is 0 Å². The molecule has 0 aliphatic rings. The molecule has 3 rings (SSSR count). The maximum absolute atomic E-state index is 12.7. The van der Waals surface area contributed by atoms with Crippen molar-refractivity contribution in [3.05, 3.63) is 95.1 Å². The zero-order valence-electron chi connectivity index (χ0n) is 17.9. The van der Waals surface area contributed by atoms with E-state index in [4.69, 9.17) is 0 Å². The zero-order chi connectivity index (χ0) is 23.1. The number of benzene rings is 3. The smallest absolute Gasteiger partial charge is 0.262 e. The van der Waals surface area contributed by atoms with Gasteiger partial charge in [-0.15, -0.1) is 0 Å². The van der Waals surface area contributed by atoms with Crippen molar-refractivity contribution in [2.24, 2.45) is 0 Å². The third-order valence-electron chi connectivity index (χ3n) is 4.77. The van der Waals surface area contributed by atoms with Crippen molar-refractivity contribution >= 4 is 27.5 Å². The number of carbonyl (C=O) groups is 2. The Bertz CT molecular complexity index is 1210. The quantitative estimate of drug-likeness (QED) is 0.489. The van der Waals surface area contributed by atoms with Gasteiger partial charge in [-0.2, -0.15) is 0 Å². The van der Waals surface area contributed by atoms with Crippen LogP contribution in [0.3, 0.4) is 0 Å². The number of aryl methyl sites for hydroxylation is 2. The van der Waals surface area contributed by atoms with Crippen LogP contribution in [0.5, 0.6) is 0 Å². The number of anilines is 1. The largest absolute Gasteiger partial charge is 0.350 e. The number of rotatable bonds is 8. The highest BCUT2D eigenvalue weighted by Gasteiger charge is 2.17. The van der Waals surface area contributed by atoms with E-state index in [2.05, 4.69) is 15.4 Å². The van der Waals surface area contributed by atoms with E-state index in [1.54, 1.807) is 19.1 Å². The summed E-state index contributed by atoms with van der Waals surface area (Å²) in [5.41, 5.74) is 3.10. The van der Waals surface area contributed by atoms with Crippen molar-refractivity contribution in [1.82, 2.24) is 10.6 Å². The highest BCUT2D eigenvalue weighted by Crippen LogP contribution is 2.21. The average Bonchev–Trinajstić information content (AvgIpc) is 2.78. The molecule has 7 nitrogen and oxygen atoms in total. The second-order valence-electron chi connectivity index (χ2n) is 7.40. The van der Waals surface area contributed by atoms with Crippen molar-refractivity contribution in [3.8, 4) is 0 Å². The van der Waals surface area contributed by atoms with Crippen molar-refractivity contribution in [2.45, 2.75) is 25.3 Å². The fourth-order valence-electron chi connectivity index (χ4n) is 3.02. The summed E-state index contributed by atoms with van der Waals surface area (Å²) in [5, 5.41) is 5.29. The van der Waals surface area contributed by atoms with Crippen molar-refractivity contribution in [1.29, 1.82) is 0 Å². The maximum atomic E-state index is 12.7. The lowest BCUT2D eigenvalue weighted by Crippen LogP contribution is -2.36. The Morgan fingerprint density at radius 1 is 0.844 bits per heavy atom. The van der Waals surface area contributed by atoms with Crippen LogP contribution in [0.4, 0.5) is 5.69 Å². The molecule has 8 heteroatoms. The summed E-state index contributed by atoms with van der Waals surface area (Å²) in [7, 11) is -3.75. The van der Waals surface area contributed by atoms with Crippen LogP contribution in [-0.4, -0.2) is 26.8 Å². The van der Waals surface area contributed by atoms with E-state index in [1.165, 1.54) is 24.3 Å². The molecule has 0 unspecified atom stereocenters. The number of amides is 2. The molecule has 0 saturated carbocycles. The van der Waals surface area contributed by atoms with Crippen LogP contribution in [-0.2, 0) is 21.4 Å². The monoisotopic (exact) mass is 451 g/mol. The van der Waals surface area contributed by atoms with E-state index in [0.717, 1.165) is 11.1 Å². The molecule has 0 bridgehead atoms. The van der Waals surface area contributed by atoms with Gasteiger partial charge in [-0.1, -0.05) is 42.5 Å². The molecule has 0 aliphatic carbocycles. The van der Waals surface area contributed by atoms with Crippen LogP contribution in [0.25, 0.3) is 0 Å². The fraction of sp³-hybridized carbons (Fsp3) is 0.167. The lowest BCUT2D eigenvalue weighted by Gasteiger charge is -2.12. The third kappa shape index (κ3) is 6.18. The first-order chi connectivity index (χ1) is 15.2. The Balaban J connectivity index is 1.55. The molecule has 3 aromatic carbocycles. The summed E-state index contributed by atoms with van der Waals surface area (Å²) in [4.78, 5) is 24.4. The Morgan fingerprint density at radius 3 is 2.22 bits per heavy atom. The number of carbonyl (C=O) groups excluding carboxylic acids is 2. The molecule has 3 N–H and O–H groups in total. The van der Waals surface area contributed by atoms with Gasteiger partial charge in [-0.3, -0.25) is 14.3 Å². The van der Waals surface area contributed by atoms with Gasteiger partial charge >= 0.3 is 0 Å². The van der Waals surface area contributed by atoms with Crippen molar-refractivity contribution in [2.75, 3.05) is 11.3 Å². The molecular formula is C24H25N3O4S. The Hall–Kier alpha value is -3.65. The third-order valence-corrected chi connectivity index (χ3v) is 6.30. The van der Waals surface area contributed by atoms with Gasteiger partial charge < -0.3 is 10.6 Å². The normalized spacial score (nSPS) is 10.9. The SMILES string of the molecule is Cc1ccc(C)c(S(=O)(=O)Nc2ccc(C(=O)NCC(=O)NCc3ccccc3)cc2)c1. The van der Waals surface area contributed by atoms with E-state index in [0.29, 0.717) is 23.4 Å². The Morgan fingerprint density at radius 2 is 1.53 bits per heavy atom. The second kappa shape index (κ2) is 10.1. The minimum absolute atomic E-state index is 0.160. The lowest BCUT2D eigenvalue weighted by molar-refractivity contribution is -0.120. The summed E-state index contributed by atoms with van der Waals surface area (Å²) in [6, 6.07) is 20.7. The van der Waals surface area contributed by atoms with Gasteiger partial charge in [0.25, 0.3) is 15.9 Å². The first kappa shape index (κ1) is 23.0. The number of nitrogens with one attached hydrogen (secondary N) is 3. The summed E-state index contributed by atoms with van der Waals surface area (Å²) >= 11 is 0. The number of hydrogen-bond acceptors (Lipinski definition) is 4. The predicted octanol–water partition coefficient (Wildman–Crippen LogP) is 3.15. The molecule has 0 radical (unpaired) electrons. The molecule has 0 saturated heterocycles. The maximum Gasteiger partial charge on any atom is 0.262 e. The molecular weight excluding hydrogens is 426 g/mol. The highest BCUT2D eigenvalue weighted by molar-refractivity contribution is 7.92. The van der Waals surface area contributed by atoms with Crippen LogP contribution in [0.15, 0.2) is 77.7 Å². The van der Waals surface area contributed by atoms with Gasteiger partial charge in [0.15, 0.2) is 0 Å². The van der Waals surface area contributed by atoms with Crippen LogP contribution in [0.2, 0.25) is 0 Å². The lowest BCUT2D eigenvalue weighted by atomic mass is 10.2. The van der Waals surface area contributed by atoms with Gasteiger partial charge in [0.2, 0.25) is 5.91 Å². The molecule has 3 aromatic rings. The van der Waals surface area contributed by atoms with Gasteiger partial charge in [0.05, 0.1) is 11.4 Å². The topological polar surface area (TPSA) is 104 Å². The summed E-state index contributed by atoms with van der Waals surface area (Å²) in [5.74, 6) is -0.732. The molecule has 32 heavy (non-hydrogen) atoms. The molecule has 166 valence electrons. The van der Waals surface area contributed by atoms with Crippen LogP contribution < -0.4 is 15.4 Å². The summed E-state index contributed by atoms with van der Waals surface area (Å²) in [6.45, 7) is 3.78. The molecule has 0 atom stereocenters. The van der Waals surface area contributed by atoms with Crippen molar-refractivity contribution < 1.29 is 18.0 Å². The molecule has 0 heterocycles. The van der Waals surface area contributed by atoms with E-state index >= 15 is 0 Å². The number of hydrogen-bond donors (Lipinski definition) is 3. The minimum Gasteiger partial charge on any atom is -0.350 e. The average molecular weight is 452 g/mol. The fourth-order valence-corrected chi connectivity index (χ4v) is 4.41. The van der Waals surface area contributed by atoms with Crippen LogP contribution in [0, 0.1) is 13.8 Å². The van der Waals surface area contributed by atoms with Gasteiger partial charge in [-0.25, -0.2) is 8.42 Å². The first-order valence-electron chi connectivity index (χ1n) is 10.0. The molecule has 0 spiro atoms. The summed E-state index contributed by atoms with van der Waals surface area (Å²) < 4.78 is 27.9. The first-order valence-corrected chi connectivity index (χ1v) is 11.5. The van der Waals surface area contributed by atoms with E-state index in [9.17, 15) is 18.0 Å². The molecule has 0 aliphatic heterocycles. The second-order valence-corrected chi connectivity index (χ2v) is 9.05. The van der Waals surface area contributed by atoms with E-state index in [-0.39, 0.29) is 17.3 Å². The van der Waals surface area contributed by atoms with E-state index < -0.39 is 15.9 Å². The molecule has 2 amide bonds. The van der Waals surface area contributed by atoms with Crippen molar-refractivity contribution in [3.63, 3.8) is 0 Å². The molecule has 0 aromatic heterocycles. The van der Waals surface area contributed by atoms with Gasteiger partial charge in [0, 0.05) is 17.8 Å². The highest BCUT2D eigenvalue weighted by atomic mass is 32.2. The predicted molar refractivity (Wildman–Crippen MR) is 124 cm³/mol. The Labute approximate surface area is 187 Å². The Kier molecular flexibility index (Phi) is 7.27. The van der Waals surface area contributed by atoms with Gasteiger partial charge in [-0.05, 0) is 60.9 Å². The van der Waals surface area contributed by atoms with E-state index in [1.807, 2.05) is 43.3 Å². The minimum atomic E-state index is -3.75. The standard InChI is InChI=1S/C24H25N3O4S/c1-17-8-9-18(2)22(14-17)32(30,31)27-21-12-10-20(11-13-21)24(29)26-16-23(28)25-15-19-6-4-3-5-7-19/h3-14,27H,15-16H2,1-2H3,(H,25,28)(H,26,29). The van der Waals surface area contributed by atoms with Crippen LogP contribution >= 0.6 is 0 Å². The number of sulfonamides is 1. The molecule has 0 fully saturated rings.